The molecule has 5 aromatic rings. The van der Waals surface area contributed by atoms with Gasteiger partial charge >= 0.3 is 12.2 Å². The van der Waals surface area contributed by atoms with Crippen molar-refractivity contribution in [1.29, 1.82) is 0 Å². The summed E-state index contributed by atoms with van der Waals surface area (Å²) < 4.78 is 81.0. The number of aryl methyl sites for hydroxylation is 1. The lowest BCUT2D eigenvalue weighted by Crippen LogP contribution is -2.43. The van der Waals surface area contributed by atoms with Crippen LogP contribution in [0, 0.1) is 6.92 Å². The van der Waals surface area contributed by atoms with Gasteiger partial charge in [-0.1, -0.05) is 30.3 Å². The molecule has 0 bridgehead atoms. The van der Waals surface area contributed by atoms with Crippen LogP contribution in [0.3, 0.4) is 0 Å². The molecule has 1 unspecified atom stereocenters. The van der Waals surface area contributed by atoms with Crippen molar-refractivity contribution >= 4 is 10.9 Å². The third-order valence-electron chi connectivity index (χ3n) is 12.3. The number of aromatic nitrogens is 5. The quantitative estimate of drug-likeness (QED) is 0.147. The lowest BCUT2D eigenvalue weighted by atomic mass is 9.87. The second kappa shape index (κ2) is 12.5. The summed E-state index contributed by atoms with van der Waals surface area (Å²) >= 11 is 0. The van der Waals surface area contributed by atoms with Crippen molar-refractivity contribution in [3.63, 3.8) is 0 Å². The SMILES string of the molecule is Cc1cc2c(cnn2C2CCCCO2)c(-c2nccc3c2C2(CC2)c2nc(OC[C@@]45CCCN4C[C@H](F)C5)nc(OCc4ccccc4)c2-3)c1C(F)(F)F. The van der Waals surface area contributed by atoms with Crippen LogP contribution in [0.15, 0.2) is 54.9 Å². The molecule has 5 aliphatic rings. The van der Waals surface area contributed by atoms with Crippen LogP contribution in [0.25, 0.3) is 33.3 Å². The largest absolute Gasteiger partial charge is 0.472 e. The lowest BCUT2D eigenvalue weighted by molar-refractivity contribution is -0.137. The van der Waals surface area contributed by atoms with Crippen LogP contribution in [-0.2, 0) is 22.9 Å². The number of ether oxygens (including phenoxy) is 3. The molecule has 2 aromatic carbocycles. The minimum atomic E-state index is -4.67. The summed E-state index contributed by atoms with van der Waals surface area (Å²) in [6, 6.07) is 13.2. The van der Waals surface area contributed by atoms with Crippen LogP contribution in [-0.4, -0.2) is 67.6 Å². The molecule has 3 saturated heterocycles. The second-order valence-corrected chi connectivity index (χ2v) is 15.6. The van der Waals surface area contributed by atoms with E-state index in [-0.39, 0.29) is 42.3 Å². The van der Waals surface area contributed by atoms with Crippen LogP contribution in [0.4, 0.5) is 17.6 Å². The Labute approximate surface area is 309 Å². The number of nitrogens with zero attached hydrogens (tertiary/aromatic N) is 6. The highest BCUT2D eigenvalue weighted by Crippen LogP contribution is 2.66. The molecule has 2 aliphatic carbocycles. The van der Waals surface area contributed by atoms with Gasteiger partial charge in [0.25, 0.3) is 0 Å². The zero-order chi connectivity index (χ0) is 36.8. The number of halogens is 4. The van der Waals surface area contributed by atoms with Gasteiger partial charge in [0.05, 0.1) is 39.8 Å². The molecular formula is C41H40F4N6O3. The summed E-state index contributed by atoms with van der Waals surface area (Å²) in [5, 5.41) is 4.99. The van der Waals surface area contributed by atoms with Gasteiger partial charge in [0.2, 0.25) is 5.88 Å². The molecule has 1 saturated carbocycles. The van der Waals surface area contributed by atoms with E-state index in [1.807, 2.05) is 36.4 Å². The van der Waals surface area contributed by atoms with E-state index in [1.165, 1.54) is 13.1 Å². The van der Waals surface area contributed by atoms with Gasteiger partial charge < -0.3 is 14.2 Å². The number of rotatable bonds is 8. The van der Waals surface area contributed by atoms with Crippen LogP contribution >= 0.6 is 0 Å². The second-order valence-electron chi connectivity index (χ2n) is 15.6. The fourth-order valence-electron chi connectivity index (χ4n) is 9.70. The molecule has 6 heterocycles. The van der Waals surface area contributed by atoms with E-state index in [2.05, 4.69) is 10.00 Å². The first-order valence-corrected chi connectivity index (χ1v) is 19.0. The number of hydrogen-bond acceptors (Lipinski definition) is 8. The molecular weight excluding hydrogens is 700 g/mol. The molecule has 0 amide bonds. The molecule has 10 rings (SSSR count). The smallest absolute Gasteiger partial charge is 0.417 e. The third kappa shape index (κ3) is 5.32. The van der Waals surface area contributed by atoms with Crippen molar-refractivity contribution in [2.75, 3.05) is 26.3 Å². The van der Waals surface area contributed by atoms with Gasteiger partial charge in [0.1, 0.15) is 19.4 Å². The average Bonchev–Trinajstić information content (AvgIpc) is 3.38. The van der Waals surface area contributed by atoms with Crippen molar-refractivity contribution in [1.82, 2.24) is 29.6 Å². The number of alkyl halides is 4. The first-order valence-electron chi connectivity index (χ1n) is 19.0. The lowest BCUT2D eigenvalue weighted by Gasteiger charge is -2.30. The van der Waals surface area contributed by atoms with Gasteiger partial charge in [-0.25, -0.2) is 9.07 Å². The van der Waals surface area contributed by atoms with Crippen molar-refractivity contribution in [3.8, 4) is 34.3 Å². The summed E-state index contributed by atoms with van der Waals surface area (Å²) in [7, 11) is 0. The summed E-state index contributed by atoms with van der Waals surface area (Å²) in [5.74, 6) is 0.296. The molecule has 3 atom stereocenters. The number of hydrogen-bond donors (Lipinski definition) is 0. The van der Waals surface area contributed by atoms with Gasteiger partial charge in [-0.3, -0.25) is 9.88 Å². The van der Waals surface area contributed by atoms with E-state index >= 15 is 13.2 Å². The van der Waals surface area contributed by atoms with Crippen LogP contribution in [0.2, 0.25) is 0 Å². The molecule has 0 N–H and O–H groups in total. The van der Waals surface area contributed by atoms with Gasteiger partial charge in [-0.15, -0.1) is 0 Å². The maximum absolute atomic E-state index is 15.2. The Morgan fingerprint density at radius 3 is 2.63 bits per heavy atom. The molecule has 54 heavy (non-hydrogen) atoms. The summed E-state index contributed by atoms with van der Waals surface area (Å²) in [5.41, 5.74) is 2.69. The predicted octanol–water partition coefficient (Wildman–Crippen LogP) is 8.51. The molecule has 13 heteroatoms. The summed E-state index contributed by atoms with van der Waals surface area (Å²) in [6.07, 6.45) is 3.29. The Hall–Kier alpha value is -4.62. The standard InChI is InChI=1S/C41H40F4N6O3/c1-24-18-29-28(20-47-51(29)30-10-5-6-17-52-30)31(33(24)41(43,44)45)35-34-27(11-15-46-35)32-36(40(34)13-14-40)48-38(49-37(32)53-22-25-8-3-2-4-9-25)54-23-39-12-7-16-50(39)21-26(42)19-39/h2-4,8-9,11,15,18,20,26,30H,5-7,10,12-14,16-17,19,21-23H2,1H3/t26-,30?,39+/m1/s1. The van der Waals surface area contributed by atoms with Crippen LogP contribution in [0.1, 0.15) is 85.5 Å². The fraction of sp³-hybridized carbons (Fsp3) is 0.463. The maximum atomic E-state index is 15.2. The molecule has 0 radical (unpaired) electrons. The Kier molecular flexibility index (Phi) is 7.82. The van der Waals surface area contributed by atoms with Gasteiger partial charge in [-0.05, 0) is 92.8 Å². The first-order chi connectivity index (χ1) is 26.2. The van der Waals surface area contributed by atoms with Gasteiger partial charge in [0.15, 0.2) is 6.23 Å². The average molecular weight is 741 g/mol. The van der Waals surface area contributed by atoms with E-state index < -0.39 is 28.9 Å². The summed E-state index contributed by atoms with van der Waals surface area (Å²) in [4.78, 5) is 16.8. The third-order valence-corrected chi connectivity index (χ3v) is 12.3. The Morgan fingerprint density at radius 1 is 1.00 bits per heavy atom. The van der Waals surface area contributed by atoms with Crippen molar-refractivity contribution in [2.24, 2.45) is 0 Å². The number of benzene rings is 2. The number of fused-ring (bicyclic) bond motifs is 7. The molecule has 3 aliphatic heterocycles. The molecule has 4 fully saturated rings. The van der Waals surface area contributed by atoms with E-state index in [1.54, 1.807) is 16.9 Å². The van der Waals surface area contributed by atoms with Crippen molar-refractivity contribution in [2.45, 2.75) is 94.4 Å². The molecule has 3 aromatic heterocycles. The first kappa shape index (κ1) is 33.9. The minimum absolute atomic E-state index is 0.00844. The fourth-order valence-corrected chi connectivity index (χ4v) is 9.70. The van der Waals surface area contributed by atoms with E-state index in [0.717, 1.165) is 44.2 Å². The molecule has 1 spiro atoms. The monoisotopic (exact) mass is 740 g/mol. The molecule has 9 nitrogen and oxygen atoms in total. The van der Waals surface area contributed by atoms with E-state index in [4.69, 9.17) is 29.2 Å². The highest BCUT2D eigenvalue weighted by atomic mass is 19.4. The highest BCUT2D eigenvalue weighted by molar-refractivity contribution is 6.00. The summed E-state index contributed by atoms with van der Waals surface area (Å²) in [6.45, 7) is 3.75. The van der Waals surface area contributed by atoms with Crippen LogP contribution < -0.4 is 9.47 Å². The topological polar surface area (TPSA) is 87.4 Å². The van der Waals surface area contributed by atoms with E-state index in [9.17, 15) is 4.39 Å². The van der Waals surface area contributed by atoms with Gasteiger partial charge in [-0.2, -0.15) is 28.2 Å². The predicted molar refractivity (Wildman–Crippen MR) is 192 cm³/mol. The van der Waals surface area contributed by atoms with Gasteiger partial charge in [0, 0.05) is 42.1 Å². The molecule has 280 valence electrons. The maximum Gasteiger partial charge on any atom is 0.417 e. The highest BCUT2D eigenvalue weighted by Gasteiger charge is 2.58. The van der Waals surface area contributed by atoms with Crippen molar-refractivity contribution < 1.29 is 31.8 Å². The van der Waals surface area contributed by atoms with Crippen molar-refractivity contribution in [3.05, 3.63) is 82.8 Å². The minimum Gasteiger partial charge on any atom is -0.472 e. The Bertz CT molecular complexity index is 2270. The zero-order valence-corrected chi connectivity index (χ0v) is 30.0. The number of pyridine rings is 1. The Morgan fingerprint density at radius 2 is 1.85 bits per heavy atom. The zero-order valence-electron chi connectivity index (χ0n) is 30.0. The van der Waals surface area contributed by atoms with Crippen LogP contribution in [0.5, 0.6) is 11.9 Å². The normalized spacial score (nSPS) is 24.2. The Balaban J connectivity index is 1.13. The van der Waals surface area contributed by atoms with E-state index in [0.29, 0.717) is 71.6 Å².